The average Bonchev–Trinajstić information content (AvgIpc) is 2.92. The van der Waals surface area contributed by atoms with Gasteiger partial charge in [0.25, 0.3) is 0 Å². The zero-order valence-corrected chi connectivity index (χ0v) is 12.3. The van der Waals surface area contributed by atoms with Gasteiger partial charge in [0.2, 0.25) is 0 Å². The van der Waals surface area contributed by atoms with E-state index in [2.05, 4.69) is 21.2 Å². The van der Waals surface area contributed by atoms with Crippen LogP contribution >= 0.6 is 27.3 Å². The van der Waals surface area contributed by atoms with E-state index in [1.165, 1.54) is 11.3 Å². The van der Waals surface area contributed by atoms with Crippen LogP contribution in [0.4, 0.5) is 4.79 Å². The Morgan fingerprint density at radius 2 is 2.32 bits per heavy atom. The second-order valence-corrected chi connectivity index (χ2v) is 6.20. The third-order valence-electron chi connectivity index (χ3n) is 2.86. The van der Waals surface area contributed by atoms with E-state index in [0.717, 1.165) is 14.2 Å². The molecule has 0 saturated carbocycles. The van der Waals surface area contributed by atoms with Crippen LogP contribution in [-0.4, -0.2) is 45.8 Å². The van der Waals surface area contributed by atoms with Gasteiger partial charge >= 0.3 is 12.0 Å². The number of thiophene rings is 1. The monoisotopic (exact) mass is 348 g/mol. The number of amides is 2. The number of rotatable bonds is 3. The molecule has 0 unspecified atom stereocenters. The predicted octanol–water partition coefficient (Wildman–Crippen LogP) is 1.24. The lowest BCUT2D eigenvalue weighted by molar-refractivity contribution is -0.141. The maximum atomic E-state index is 11.9. The summed E-state index contributed by atoms with van der Waals surface area (Å²) in [5.41, 5.74) is 0. The molecule has 0 bridgehead atoms. The summed E-state index contributed by atoms with van der Waals surface area (Å²) in [7, 11) is 0. The lowest BCUT2D eigenvalue weighted by Gasteiger charge is -2.21. The van der Waals surface area contributed by atoms with Crippen molar-refractivity contribution >= 4 is 39.3 Å². The third-order valence-corrected chi connectivity index (χ3v) is 4.56. The van der Waals surface area contributed by atoms with Crippen LogP contribution in [0.1, 0.15) is 11.3 Å². The van der Waals surface area contributed by atoms with Crippen LogP contribution in [-0.2, 0) is 11.3 Å². The van der Waals surface area contributed by atoms with Gasteiger partial charge in [-0.15, -0.1) is 11.3 Å². The summed E-state index contributed by atoms with van der Waals surface area (Å²) in [5, 5.41) is 23.0. The predicted molar refractivity (Wildman–Crippen MR) is 73.0 cm³/mol. The van der Waals surface area contributed by atoms with Crippen molar-refractivity contribution in [1.29, 1.82) is 0 Å². The molecule has 0 aromatic carbocycles. The van der Waals surface area contributed by atoms with Crippen molar-refractivity contribution < 1.29 is 19.8 Å². The van der Waals surface area contributed by atoms with Gasteiger partial charge in [-0.3, -0.25) is 0 Å². The molecule has 1 fully saturated rings. The topological polar surface area (TPSA) is 89.9 Å². The SMILES string of the molecule is O=C(O)[C@@H]1C[C@@H](O)CN1C(=O)NCc1cc(Br)cs1. The van der Waals surface area contributed by atoms with Gasteiger partial charge in [-0.25, -0.2) is 9.59 Å². The molecule has 2 amide bonds. The van der Waals surface area contributed by atoms with Crippen molar-refractivity contribution in [3.8, 4) is 0 Å². The van der Waals surface area contributed by atoms with Crippen LogP contribution in [0.2, 0.25) is 0 Å². The first-order valence-corrected chi connectivity index (χ1v) is 7.33. The number of carboxylic acid groups (broad SMARTS) is 1. The summed E-state index contributed by atoms with van der Waals surface area (Å²) in [6.07, 6.45) is -0.699. The molecular formula is C11H13BrN2O4S. The van der Waals surface area contributed by atoms with Crippen molar-refractivity contribution in [1.82, 2.24) is 10.2 Å². The highest BCUT2D eigenvalue weighted by Crippen LogP contribution is 2.21. The summed E-state index contributed by atoms with van der Waals surface area (Å²) >= 11 is 4.81. The Morgan fingerprint density at radius 3 is 2.89 bits per heavy atom. The molecule has 1 saturated heterocycles. The molecule has 2 rings (SSSR count). The van der Waals surface area contributed by atoms with Crippen molar-refractivity contribution in [2.75, 3.05) is 6.54 Å². The third kappa shape index (κ3) is 3.46. The average molecular weight is 349 g/mol. The first kappa shape index (κ1) is 14.3. The van der Waals surface area contributed by atoms with E-state index in [1.807, 2.05) is 11.4 Å². The van der Waals surface area contributed by atoms with E-state index >= 15 is 0 Å². The number of likely N-dealkylation sites (tertiary alicyclic amines) is 1. The van der Waals surface area contributed by atoms with Gasteiger partial charge in [-0.2, -0.15) is 0 Å². The van der Waals surface area contributed by atoms with Gasteiger partial charge in [0.15, 0.2) is 0 Å². The zero-order chi connectivity index (χ0) is 14.0. The molecule has 0 radical (unpaired) electrons. The lowest BCUT2D eigenvalue weighted by atomic mass is 10.2. The number of carbonyl (C=O) groups is 2. The van der Waals surface area contributed by atoms with Crippen LogP contribution in [0, 0.1) is 0 Å². The van der Waals surface area contributed by atoms with Gasteiger partial charge in [-0.1, -0.05) is 0 Å². The number of carbonyl (C=O) groups excluding carboxylic acids is 1. The Morgan fingerprint density at radius 1 is 1.58 bits per heavy atom. The molecule has 1 aromatic heterocycles. The van der Waals surface area contributed by atoms with Gasteiger partial charge in [-0.05, 0) is 22.0 Å². The molecule has 1 aromatic rings. The molecule has 8 heteroatoms. The number of halogens is 1. The molecule has 104 valence electrons. The van der Waals surface area contributed by atoms with Crippen molar-refractivity contribution in [3.05, 3.63) is 20.8 Å². The van der Waals surface area contributed by atoms with Gasteiger partial charge < -0.3 is 20.4 Å². The van der Waals surface area contributed by atoms with Crippen molar-refractivity contribution in [2.45, 2.75) is 25.1 Å². The number of aliphatic hydroxyl groups is 1. The number of β-amino-alcohol motifs (C(OH)–C–C–N with tert-alkyl or cyclic N) is 1. The molecule has 3 N–H and O–H groups in total. The normalized spacial score (nSPS) is 22.5. The summed E-state index contributed by atoms with van der Waals surface area (Å²) in [4.78, 5) is 25.0. The standard InChI is InChI=1S/C11H13BrN2O4S/c12-6-1-8(19-5-6)3-13-11(18)14-4-7(15)2-9(14)10(16)17/h1,5,7,9,15H,2-4H2,(H,13,18)(H,16,17)/t7-,9+/m1/s1. The van der Waals surface area contributed by atoms with Gasteiger partial charge in [0, 0.05) is 27.7 Å². The van der Waals surface area contributed by atoms with Gasteiger partial charge in [0.1, 0.15) is 6.04 Å². The summed E-state index contributed by atoms with van der Waals surface area (Å²) < 4.78 is 0.946. The number of carboxylic acids is 1. The Hall–Kier alpha value is -1.12. The number of aliphatic hydroxyl groups excluding tert-OH is 1. The fourth-order valence-corrected chi connectivity index (χ4v) is 3.37. The molecule has 2 heterocycles. The van der Waals surface area contributed by atoms with E-state index in [-0.39, 0.29) is 13.0 Å². The minimum Gasteiger partial charge on any atom is -0.480 e. The molecule has 6 nitrogen and oxygen atoms in total. The number of nitrogens with zero attached hydrogens (tertiary/aromatic N) is 1. The Balaban J connectivity index is 1.93. The smallest absolute Gasteiger partial charge is 0.326 e. The quantitative estimate of drug-likeness (QED) is 0.766. The van der Waals surface area contributed by atoms with Crippen LogP contribution < -0.4 is 5.32 Å². The van der Waals surface area contributed by atoms with E-state index < -0.39 is 24.1 Å². The van der Waals surface area contributed by atoms with Crippen molar-refractivity contribution in [3.63, 3.8) is 0 Å². The van der Waals surface area contributed by atoms with Crippen LogP contribution in [0.15, 0.2) is 15.9 Å². The Labute approximate surface area is 122 Å². The number of aliphatic carboxylic acids is 1. The first-order valence-electron chi connectivity index (χ1n) is 5.65. The summed E-state index contributed by atoms with van der Waals surface area (Å²) in [5.74, 6) is -1.09. The zero-order valence-electron chi connectivity index (χ0n) is 9.88. The minimum atomic E-state index is -1.09. The maximum Gasteiger partial charge on any atom is 0.326 e. The van der Waals surface area contributed by atoms with E-state index in [9.17, 15) is 14.7 Å². The molecule has 19 heavy (non-hydrogen) atoms. The summed E-state index contributed by atoms with van der Waals surface area (Å²) in [6.45, 7) is 0.394. The van der Waals surface area contributed by atoms with Gasteiger partial charge in [0.05, 0.1) is 12.6 Å². The molecule has 0 aliphatic carbocycles. The Kier molecular flexibility index (Phi) is 4.43. The maximum absolute atomic E-state index is 11.9. The van der Waals surface area contributed by atoms with Crippen LogP contribution in [0.5, 0.6) is 0 Å². The Bertz CT molecular complexity index is 493. The highest BCUT2D eigenvalue weighted by atomic mass is 79.9. The summed E-state index contributed by atoms with van der Waals surface area (Å²) in [6, 6.07) is 0.469. The molecular weight excluding hydrogens is 336 g/mol. The fourth-order valence-electron chi connectivity index (χ4n) is 1.98. The first-order chi connectivity index (χ1) is 8.97. The molecule has 1 aliphatic rings. The number of nitrogens with one attached hydrogen (secondary N) is 1. The molecule has 0 spiro atoms. The molecule has 1 aliphatic heterocycles. The van der Waals surface area contributed by atoms with Crippen LogP contribution in [0.3, 0.4) is 0 Å². The van der Waals surface area contributed by atoms with E-state index in [0.29, 0.717) is 6.54 Å². The van der Waals surface area contributed by atoms with E-state index in [4.69, 9.17) is 5.11 Å². The number of urea groups is 1. The fraction of sp³-hybridized carbons (Fsp3) is 0.455. The second kappa shape index (κ2) is 5.89. The van der Waals surface area contributed by atoms with Crippen molar-refractivity contribution in [2.24, 2.45) is 0 Å². The second-order valence-electron chi connectivity index (χ2n) is 4.29. The highest BCUT2D eigenvalue weighted by molar-refractivity contribution is 9.10. The van der Waals surface area contributed by atoms with E-state index in [1.54, 1.807) is 0 Å². The molecule has 2 atom stereocenters. The largest absolute Gasteiger partial charge is 0.480 e. The van der Waals surface area contributed by atoms with Crippen LogP contribution in [0.25, 0.3) is 0 Å². The highest BCUT2D eigenvalue weighted by Gasteiger charge is 2.38. The minimum absolute atomic E-state index is 0.0525. The number of hydrogen-bond acceptors (Lipinski definition) is 4. The number of hydrogen-bond donors (Lipinski definition) is 3. The lowest BCUT2D eigenvalue weighted by Crippen LogP contribution is -2.45.